The second-order valence-electron chi connectivity index (χ2n) is 9.73. The van der Waals surface area contributed by atoms with Gasteiger partial charge in [-0.25, -0.2) is 9.78 Å². The van der Waals surface area contributed by atoms with E-state index in [1.54, 1.807) is 30.3 Å². The maximum absolute atomic E-state index is 13.3. The van der Waals surface area contributed by atoms with Crippen molar-refractivity contribution in [2.75, 3.05) is 0 Å². The number of hydrogen-bond donors (Lipinski definition) is 7. The molecule has 1 aromatic carbocycles. The lowest BCUT2D eigenvalue weighted by Gasteiger charge is -2.25. The number of nitrogens with two attached hydrogens (primary N) is 2. The molecule has 4 unspecified atom stereocenters. The molecule has 39 heavy (non-hydrogen) atoms. The predicted molar refractivity (Wildman–Crippen MR) is 142 cm³/mol. The number of aliphatic carboxylic acids is 1. The fourth-order valence-corrected chi connectivity index (χ4v) is 3.87. The number of carbonyl (C=O) groups is 5. The average molecular weight is 544 g/mol. The normalized spacial score (nSPS) is 14.1. The van der Waals surface area contributed by atoms with Gasteiger partial charge in [-0.3, -0.25) is 19.2 Å². The van der Waals surface area contributed by atoms with Crippen molar-refractivity contribution in [2.24, 2.45) is 17.4 Å². The van der Waals surface area contributed by atoms with Crippen LogP contribution < -0.4 is 27.4 Å². The smallest absolute Gasteiger partial charge is 0.326 e. The number of aromatic amines is 1. The molecule has 0 aliphatic rings. The maximum Gasteiger partial charge on any atom is 0.326 e. The van der Waals surface area contributed by atoms with Crippen molar-refractivity contribution in [3.63, 3.8) is 0 Å². The minimum absolute atomic E-state index is 0.00461. The Morgan fingerprint density at radius 2 is 1.54 bits per heavy atom. The van der Waals surface area contributed by atoms with Crippen molar-refractivity contribution in [1.82, 2.24) is 25.9 Å². The van der Waals surface area contributed by atoms with Gasteiger partial charge in [0.15, 0.2) is 0 Å². The summed E-state index contributed by atoms with van der Waals surface area (Å²) in [7, 11) is 0. The molecule has 2 aromatic rings. The molecular weight excluding hydrogens is 506 g/mol. The van der Waals surface area contributed by atoms with E-state index in [1.807, 2.05) is 13.8 Å². The van der Waals surface area contributed by atoms with Crippen LogP contribution in [0.4, 0.5) is 0 Å². The summed E-state index contributed by atoms with van der Waals surface area (Å²) in [5, 5.41) is 17.3. The van der Waals surface area contributed by atoms with E-state index >= 15 is 0 Å². The Morgan fingerprint density at radius 1 is 0.923 bits per heavy atom. The molecule has 0 spiro atoms. The van der Waals surface area contributed by atoms with E-state index in [9.17, 15) is 29.1 Å². The number of primary amides is 1. The molecule has 0 aliphatic carbocycles. The summed E-state index contributed by atoms with van der Waals surface area (Å²) >= 11 is 0. The highest BCUT2D eigenvalue weighted by Gasteiger charge is 2.31. The summed E-state index contributed by atoms with van der Waals surface area (Å²) < 4.78 is 0. The van der Waals surface area contributed by atoms with Gasteiger partial charge in [-0.05, 0) is 24.3 Å². The molecule has 0 saturated carbocycles. The molecule has 13 heteroatoms. The third kappa shape index (κ3) is 10.9. The zero-order chi connectivity index (χ0) is 28.9. The lowest BCUT2D eigenvalue weighted by molar-refractivity contribution is -0.142. The fourth-order valence-electron chi connectivity index (χ4n) is 3.87. The first kappa shape index (κ1) is 31.0. The molecule has 0 aliphatic heterocycles. The molecule has 0 radical (unpaired) electrons. The van der Waals surface area contributed by atoms with Gasteiger partial charge in [0.2, 0.25) is 23.6 Å². The Morgan fingerprint density at radius 3 is 2.10 bits per heavy atom. The van der Waals surface area contributed by atoms with Crippen LogP contribution in [0.25, 0.3) is 0 Å². The van der Waals surface area contributed by atoms with Crippen LogP contribution in [0.1, 0.15) is 44.4 Å². The van der Waals surface area contributed by atoms with Gasteiger partial charge >= 0.3 is 5.97 Å². The van der Waals surface area contributed by atoms with Crippen LogP contribution in [0.15, 0.2) is 42.9 Å². The number of hydrogen-bond acceptors (Lipinski definition) is 7. The Balaban J connectivity index is 2.20. The van der Waals surface area contributed by atoms with E-state index in [0.29, 0.717) is 17.7 Å². The van der Waals surface area contributed by atoms with Gasteiger partial charge in [0.1, 0.15) is 18.1 Å². The number of aromatic nitrogens is 2. The number of carboxylic acids is 1. The number of rotatable bonds is 16. The summed E-state index contributed by atoms with van der Waals surface area (Å²) in [6.45, 7) is 3.82. The molecule has 0 fully saturated rings. The molecule has 4 amide bonds. The zero-order valence-electron chi connectivity index (χ0n) is 22.1. The number of imidazole rings is 1. The largest absolute Gasteiger partial charge is 0.480 e. The molecule has 1 heterocycles. The Hall–Kier alpha value is -4.26. The Kier molecular flexibility index (Phi) is 12.1. The van der Waals surface area contributed by atoms with Crippen LogP contribution in [0.3, 0.4) is 0 Å². The molecule has 9 N–H and O–H groups in total. The number of amides is 4. The predicted octanol–water partition coefficient (Wildman–Crippen LogP) is -0.627. The minimum atomic E-state index is -1.30. The van der Waals surface area contributed by atoms with E-state index in [0.717, 1.165) is 0 Å². The molecular formula is C26H37N7O6. The summed E-state index contributed by atoms with van der Waals surface area (Å²) in [5.74, 6) is -3.91. The lowest BCUT2D eigenvalue weighted by atomic mass is 10.0. The standard InChI is InChI=1S/C26H37N7O6/c1-15(2)10-18(27)23(35)32-20(12-17-13-29-14-30-17)25(37)31-19(8-9-22(28)34)24(36)33-21(26(38)39)11-16-6-4-3-5-7-16/h3-7,13-15,18-21H,8-12,27H2,1-2H3,(H2,28,34)(H,29,30)(H,31,37)(H,32,35)(H,33,36)(H,38,39). The summed E-state index contributed by atoms with van der Waals surface area (Å²) in [6.07, 6.45) is 2.89. The lowest BCUT2D eigenvalue weighted by Crippen LogP contribution is -2.58. The molecule has 0 saturated heterocycles. The molecule has 4 atom stereocenters. The van der Waals surface area contributed by atoms with Crippen LogP contribution in [0.2, 0.25) is 0 Å². The zero-order valence-corrected chi connectivity index (χ0v) is 22.1. The highest BCUT2D eigenvalue weighted by molar-refractivity contribution is 5.94. The van der Waals surface area contributed by atoms with Gasteiger partial charge in [0.05, 0.1) is 12.4 Å². The third-order valence-corrected chi connectivity index (χ3v) is 5.88. The van der Waals surface area contributed by atoms with Gasteiger partial charge < -0.3 is 37.5 Å². The first-order chi connectivity index (χ1) is 18.5. The average Bonchev–Trinajstić information content (AvgIpc) is 3.38. The molecule has 212 valence electrons. The quantitative estimate of drug-likeness (QED) is 0.144. The van der Waals surface area contributed by atoms with Crippen LogP contribution in [-0.2, 0) is 36.8 Å². The van der Waals surface area contributed by atoms with Gasteiger partial charge in [-0.15, -0.1) is 0 Å². The second kappa shape index (κ2) is 15.2. The van der Waals surface area contributed by atoms with Gasteiger partial charge in [-0.2, -0.15) is 0 Å². The Labute approximate surface area is 226 Å². The monoisotopic (exact) mass is 543 g/mol. The first-order valence-corrected chi connectivity index (χ1v) is 12.6. The number of nitrogens with zero attached hydrogens (tertiary/aromatic N) is 1. The number of nitrogens with one attached hydrogen (secondary N) is 4. The topological polar surface area (TPSA) is 222 Å². The van der Waals surface area contributed by atoms with E-state index in [1.165, 1.54) is 12.5 Å². The van der Waals surface area contributed by atoms with Gasteiger partial charge in [0, 0.05) is 31.2 Å². The first-order valence-electron chi connectivity index (χ1n) is 12.6. The number of carbonyl (C=O) groups excluding carboxylic acids is 4. The summed E-state index contributed by atoms with van der Waals surface area (Å²) in [6, 6.07) is 4.13. The van der Waals surface area contributed by atoms with Crippen LogP contribution in [0, 0.1) is 5.92 Å². The number of benzene rings is 1. The highest BCUT2D eigenvalue weighted by atomic mass is 16.4. The molecule has 2 rings (SSSR count). The summed E-state index contributed by atoms with van der Waals surface area (Å²) in [4.78, 5) is 69.2. The van der Waals surface area contributed by atoms with Crippen LogP contribution >= 0.6 is 0 Å². The van der Waals surface area contributed by atoms with Crippen molar-refractivity contribution >= 4 is 29.6 Å². The van der Waals surface area contributed by atoms with Crippen molar-refractivity contribution < 1.29 is 29.1 Å². The molecule has 0 bridgehead atoms. The van der Waals surface area contributed by atoms with Crippen LogP contribution in [0.5, 0.6) is 0 Å². The van der Waals surface area contributed by atoms with E-state index < -0.39 is 53.8 Å². The van der Waals surface area contributed by atoms with Gasteiger partial charge in [0.25, 0.3) is 0 Å². The highest BCUT2D eigenvalue weighted by Crippen LogP contribution is 2.08. The maximum atomic E-state index is 13.3. The Bertz CT molecular complexity index is 1110. The van der Waals surface area contributed by atoms with Crippen molar-refractivity contribution in [3.05, 3.63) is 54.1 Å². The summed E-state index contributed by atoms with van der Waals surface area (Å²) in [5.41, 5.74) is 12.5. The minimum Gasteiger partial charge on any atom is -0.480 e. The number of H-pyrrole nitrogens is 1. The van der Waals surface area contributed by atoms with E-state index in [2.05, 4.69) is 25.9 Å². The molecule has 13 nitrogen and oxygen atoms in total. The van der Waals surface area contributed by atoms with E-state index in [-0.39, 0.29) is 31.6 Å². The van der Waals surface area contributed by atoms with Crippen molar-refractivity contribution in [1.29, 1.82) is 0 Å². The third-order valence-electron chi connectivity index (χ3n) is 5.88. The van der Waals surface area contributed by atoms with Crippen molar-refractivity contribution in [3.8, 4) is 0 Å². The van der Waals surface area contributed by atoms with Crippen LogP contribution in [-0.4, -0.2) is 68.8 Å². The van der Waals surface area contributed by atoms with Crippen molar-refractivity contribution in [2.45, 2.75) is 70.1 Å². The molecule has 1 aromatic heterocycles. The number of carboxylic acid groups (broad SMARTS) is 1. The second-order valence-corrected chi connectivity index (χ2v) is 9.73. The van der Waals surface area contributed by atoms with E-state index in [4.69, 9.17) is 11.5 Å². The SMILES string of the molecule is CC(C)CC(N)C(=O)NC(Cc1cnc[nH]1)C(=O)NC(CCC(N)=O)C(=O)NC(Cc1ccccc1)C(=O)O. The van der Waals surface area contributed by atoms with Gasteiger partial charge in [-0.1, -0.05) is 44.2 Å². The fraction of sp³-hybridized carbons (Fsp3) is 0.462.